The number of benzene rings is 1. The maximum Gasteiger partial charge on any atom is 0.303 e. The molecule has 0 amide bonds. The third-order valence-electron chi connectivity index (χ3n) is 4.30. The summed E-state index contributed by atoms with van der Waals surface area (Å²) in [5.74, 6) is -1.27. The van der Waals surface area contributed by atoms with E-state index in [9.17, 15) is 14.3 Å². The van der Waals surface area contributed by atoms with Crippen LogP contribution in [0, 0.1) is 5.82 Å². The standard InChI is InChI=1S/C16H22FNO3/c1-11(14-7-5-12(17)10-15(14)19)18-9-3-2-4-13(18)6-8-16(20)21/h5,7,10-11,13,19H,2-4,6,8-9H2,1H3,(H,20,21). The summed E-state index contributed by atoms with van der Waals surface area (Å²) in [5.41, 5.74) is 0.693. The highest BCUT2D eigenvalue weighted by atomic mass is 19.1. The molecule has 1 saturated heterocycles. The highest BCUT2D eigenvalue weighted by Gasteiger charge is 2.28. The zero-order valence-electron chi connectivity index (χ0n) is 12.3. The van der Waals surface area contributed by atoms with Gasteiger partial charge in [-0.2, -0.15) is 0 Å². The number of hydrogen-bond donors (Lipinski definition) is 2. The Morgan fingerprint density at radius 1 is 1.48 bits per heavy atom. The van der Waals surface area contributed by atoms with Gasteiger partial charge < -0.3 is 10.2 Å². The fourth-order valence-corrected chi connectivity index (χ4v) is 3.18. The average molecular weight is 295 g/mol. The molecule has 116 valence electrons. The Morgan fingerprint density at radius 3 is 2.90 bits per heavy atom. The summed E-state index contributed by atoms with van der Waals surface area (Å²) in [5, 5.41) is 18.8. The number of nitrogens with zero attached hydrogens (tertiary/aromatic N) is 1. The lowest BCUT2D eigenvalue weighted by Gasteiger charge is -2.40. The fourth-order valence-electron chi connectivity index (χ4n) is 3.18. The summed E-state index contributed by atoms with van der Waals surface area (Å²) in [6.45, 7) is 2.86. The molecule has 0 bridgehead atoms. The van der Waals surface area contributed by atoms with Crippen LogP contribution < -0.4 is 0 Å². The minimum atomic E-state index is -0.780. The first kappa shape index (κ1) is 15.8. The number of likely N-dealkylation sites (tertiary alicyclic amines) is 1. The van der Waals surface area contributed by atoms with E-state index in [0.29, 0.717) is 12.0 Å². The summed E-state index contributed by atoms with van der Waals surface area (Å²) < 4.78 is 13.1. The van der Waals surface area contributed by atoms with E-state index in [0.717, 1.165) is 31.9 Å². The van der Waals surface area contributed by atoms with Crippen molar-refractivity contribution in [2.45, 2.75) is 51.1 Å². The highest BCUT2D eigenvalue weighted by Crippen LogP contribution is 2.34. The van der Waals surface area contributed by atoms with Crippen molar-refractivity contribution in [3.05, 3.63) is 29.6 Å². The maximum absolute atomic E-state index is 13.1. The molecule has 2 rings (SSSR count). The van der Waals surface area contributed by atoms with Crippen LogP contribution in [0.15, 0.2) is 18.2 Å². The van der Waals surface area contributed by atoms with Gasteiger partial charge in [0.2, 0.25) is 0 Å². The Kier molecular flexibility index (Phi) is 5.17. The van der Waals surface area contributed by atoms with Gasteiger partial charge in [0, 0.05) is 30.1 Å². The van der Waals surface area contributed by atoms with E-state index < -0.39 is 11.8 Å². The quantitative estimate of drug-likeness (QED) is 0.875. The second kappa shape index (κ2) is 6.89. The van der Waals surface area contributed by atoms with Crippen LogP contribution in [0.2, 0.25) is 0 Å². The number of piperidine rings is 1. The Balaban J connectivity index is 2.13. The van der Waals surface area contributed by atoms with E-state index in [4.69, 9.17) is 5.11 Å². The van der Waals surface area contributed by atoms with Crippen molar-refractivity contribution < 1.29 is 19.4 Å². The van der Waals surface area contributed by atoms with Crippen molar-refractivity contribution in [2.24, 2.45) is 0 Å². The molecule has 21 heavy (non-hydrogen) atoms. The topological polar surface area (TPSA) is 60.8 Å². The maximum atomic E-state index is 13.1. The molecule has 0 aromatic heterocycles. The van der Waals surface area contributed by atoms with Crippen molar-refractivity contribution in [3.8, 4) is 5.75 Å². The van der Waals surface area contributed by atoms with E-state index >= 15 is 0 Å². The van der Waals surface area contributed by atoms with Crippen LogP contribution in [0.25, 0.3) is 0 Å². The van der Waals surface area contributed by atoms with Crippen LogP contribution in [0.5, 0.6) is 5.75 Å². The predicted molar refractivity (Wildman–Crippen MR) is 77.7 cm³/mol. The molecule has 1 fully saturated rings. The van der Waals surface area contributed by atoms with E-state index in [1.54, 1.807) is 6.07 Å². The Labute approximate surface area is 124 Å². The molecule has 0 saturated carbocycles. The zero-order valence-corrected chi connectivity index (χ0v) is 12.3. The molecule has 0 aliphatic carbocycles. The molecule has 1 aromatic rings. The van der Waals surface area contributed by atoms with Gasteiger partial charge in [-0.05, 0) is 38.8 Å². The highest BCUT2D eigenvalue weighted by molar-refractivity contribution is 5.66. The normalized spacial score (nSPS) is 21.1. The van der Waals surface area contributed by atoms with E-state index in [2.05, 4.69) is 4.90 Å². The molecule has 1 heterocycles. The van der Waals surface area contributed by atoms with Gasteiger partial charge in [0.05, 0.1) is 0 Å². The van der Waals surface area contributed by atoms with Crippen LogP contribution in [0.3, 0.4) is 0 Å². The molecule has 0 radical (unpaired) electrons. The van der Waals surface area contributed by atoms with Crippen LogP contribution >= 0.6 is 0 Å². The van der Waals surface area contributed by atoms with Gasteiger partial charge in [-0.1, -0.05) is 12.5 Å². The largest absolute Gasteiger partial charge is 0.508 e. The summed E-state index contributed by atoms with van der Waals surface area (Å²) in [6, 6.07) is 4.24. The molecule has 2 atom stereocenters. The number of phenolic OH excluding ortho intramolecular Hbond substituents is 1. The number of rotatable bonds is 5. The lowest BCUT2D eigenvalue weighted by atomic mass is 9.94. The first-order chi connectivity index (χ1) is 9.99. The van der Waals surface area contributed by atoms with Crippen molar-refractivity contribution >= 4 is 5.97 Å². The molecule has 2 N–H and O–H groups in total. The monoisotopic (exact) mass is 295 g/mol. The fraction of sp³-hybridized carbons (Fsp3) is 0.562. The summed E-state index contributed by atoms with van der Waals surface area (Å²) in [6.07, 6.45) is 3.91. The van der Waals surface area contributed by atoms with E-state index in [1.807, 2.05) is 6.92 Å². The molecule has 2 unspecified atom stereocenters. The van der Waals surface area contributed by atoms with Crippen molar-refractivity contribution in [1.29, 1.82) is 0 Å². The van der Waals surface area contributed by atoms with Crippen molar-refractivity contribution in [2.75, 3.05) is 6.54 Å². The first-order valence-electron chi connectivity index (χ1n) is 7.45. The number of carboxylic acids is 1. The second-order valence-corrected chi connectivity index (χ2v) is 5.70. The van der Waals surface area contributed by atoms with Gasteiger partial charge in [-0.25, -0.2) is 4.39 Å². The lowest BCUT2D eigenvalue weighted by molar-refractivity contribution is -0.137. The molecule has 5 heteroatoms. The molecular weight excluding hydrogens is 273 g/mol. The van der Waals surface area contributed by atoms with Gasteiger partial charge >= 0.3 is 5.97 Å². The molecule has 1 aliphatic rings. The summed E-state index contributed by atoms with van der Waals surface area (Å²) >= 11 is 0. The van der Waals surface area contributed by atoms with Crippen LogP contribution in [-0.4, -0.2) is 33.7 Å². The Morgan fingerprint density at radius 2 is 2.24 bits per heavy atom. The molecular formula is C16H22FNO3. The van der Waals surface area contributed by atoms with E-state index in [1.165, 1.54) is 6.07 Å². The van der Waals surface area contributed by atoms with Gasteiger partial charge in [0.1, 0.15) is 11.6 Å². The predicted octanol–water partition coefficient (Wildman–Crippen LogP) is 3.31. The van der Waals surface area contributed by atoms with Crippen molar-refractivity contribution in [3.63, 3.8) is 0 Å². The van der Waals surface area contributed by atoms with Gasteiger partial charge in [-0.15, -0.1) is 0 Å². The molecule has 1 aliphatic heterocycles. The van der Waals surface area contributed by atoms with Crippen LogP contribution in [-0.2, 0) is 4.79 Å². The SMILES string of the molecule is CC(c1ccc(F)cc1O)N1CCCCC1CCC(=O)O. The lowest BCUT2D eigenvalue weighted by Crippen LogP contribution is -2.41. The Bertz CT molecular complexity index is 506. The first-order valence-corrected chi connectivity index (χ1v) is 7.45. The zero-order chi connectivity index (χ0) is 15.4. The van der Waals surface area contributed by atoms with Gasteiger partial charge in [-0.3, -0.25) is 9.69 Å². The van der Waals surface area contributed by atoms with E-state index in [-0.39, 0.29) is 24.3 Å². The number of carboxylic acid groups (broad SMARTS) is 1. The van der Waals surface area contributed by atoms with Crippen LogP contribution in [0.1, 0.15) is 50.6 Å². The average Bonchev–Trinajstić information content (AvgIpc) is 2.45. The van der Waals surface area contributed by atoms with Crippen LogP contribution in [0.4, 0.5) is 4.39 Å². The third-order valence-corrected chi connectivity index (χ3v) is 4.30. The summed E-state index contributed by atoms with van der Waals surface area (Å²) in [7, 11) is 0. The smallest absolute Gasteiger partial charge is 0.303 e. The third kappa shape index (κ3) is 3.94. The summed E-state index contributed by atoms with van der Waals surface area (Å²) in [4.78, 5) is 13.0. The van der Waals surface area contributed by atoms with Gasteiger partial charge in [0.25, 0.3) is 0 Å². The Hall–Kier alpha value is -1.62. The number of hydrogen-bond acceptors (Lipinski definition) is 3. The number of halogens is 1. The second-order valence-electron chi connectivity index (χ2n) is 5.70. The van der Waals surface area contributed by atoms with Gasteiger partial charge in [0.15, 0.2) is 0 Å². The molecule has 4 nitrogen and oxygen atoms in total. The number of aliphatic carboxylic acids is 1. The number of phenols is 1. The molecule has 1 aromatic carbocycles. The minimum absolute atomic E-state index is 0.0370. The number of aromatic hydroxyl groups is 1. The minimum Gasteiger partial charge on any atom is -0.508 e. The molecule has 0 spiro atoms. The van der Waals surface area contributed by atoms with Crippen molar-refractivity contribution in [1.82, 2.24) is 4.90 Å². The number of carbonyl (C=O) groups is 1.